The number of benzene rings is 1. The lowest BCUT2D eigenvalue weighted by atomic mass is 10.1. The first-order valence-electron chi connectivity index (χ1n) is 11.7. The highest BCUT2D eigenvalue weighted by Gasteiger charge is 2.30. The van der Waals surface area contributed by atoms with Gasteiger partial charge in [0.15, 0.2) is 0 Å². The number of rotatable bonds is 3. The van der Waals surface area contributed by atoms with Crippen molar-refractivity contribution >= 4 is 11.8 Å². The predicted molar refractivity (Wildman–Crippen MR) is 125 cm³/mol. The van der Waals surface area contributed by atoms with Crippen molar-refractivity contribution in [3.8, 4) is 6.07 Å². The first kappa shape index (κ1) is 28.4. The molecule has 3 atom stereocenters. The number of β-amino-alcohol motifs (C(OH)–C–C–N with tert-alkyl or cyclic N) is 1. The van der Waals surface area contributed by atoms with Crippen LogP contribution in [-0.4, -0.2) is 94.6 Å². The molecule has 1 aliphatic rings. The summed E-state index contributed by atoms with van der Waals surface area (Å²) in [6, 6.07) is 6.82. The van der Waals surface area contributed by atoms with Crippen molar-refractivity contribution in [2.75, 3.05) is 39.4 Å². The van der Waals surface area contributed by atoms with Crippen molar-refractivity contribution in [2.45, 2.75) is 45.0 Å². The zero-order chi connectivity index (χ0) is 26.0. The van der Waals surface area contributed by atoms with Gasteiger partial charge in [-0.05, 0) is 43.0 Å². The Labute approximate surface area is 205 Å². The van der Waals surface area contributed by atoms with Crippen molar-refractivity contribution in [2.24, 2.45) is 5.92 Å². The Bertz CT molecular complexity index is 915. The van der Waals surface area contributed by atoms with Crippen LogP contribution in [0.4, 0.5) is 4.39 Å². The monoisotopic (exact) mass is 491 g/mol. The molecule has 192 valence electrons. The normalized spacial score (nSPS) is 23.5. The lowest BCUT2D eigenvalue weighted by Gasteiger charge is -2.32. The molecule has 1 fully saturated rings. The van der Waals surface area contributed by atoms with E-state index in [-0.39, 0.29) is 49.9 Å². The van der Waals surface area contributed by atoms with E-state index >= 15 is 0 Å². The van der Waals surface area contributed by atoms with Crippen molar-refractivity contribution in [3.05, 3.63) is 47.3 Å². The first-order valence-corrected chi connectivity index (χ1v) is 11.7. The highest BCUT2D eigenvalue weighted by molar-refractivity contribution is 5.97. The van der Waals surface area contributed by atoms with Gasteiger partial charge in [-0.15, -0.1) is 0 Å². The number of aliphatic hydroxyl groups excluding tert-OH is 3. The van der Waals surface area contributed by atoms with Crippen molar-refractivity contribution in [1.82, 2.24) is 9.80 Å². The summed E-state index contributed by atoms with van der Waals surface area (Å²) in [6.45, 7) is 3.80. The highest BCUT2D eigenvalue weighted by Crippen LogP contribution is 2.13. The molecule has 0 spiro atoms. The van der Waals surface area contributed by atoms with Crippen LogP contribution < -0.4 is 0 Å². The number of aliphatic hydroxyl groups is 3. The molecule has 0 saturated carbocycles. The number of hydrogen-bond donors (Lipinski definition) is 3. The maximum absolute atomic E-state index is 13.3. The lowest BCUT2D eigenvalue weighted by molar-refractivity contribution is -0.127. The molecule has 1 saturated heterocycles. The fraction of sp³-hybridized carbons (Fsp3) is 0.560. The number of nitrogens with zero attached hydrogens (tertiary/aromatic N) is 3. The van der Waals surface area contributed by atoms with E-state index in [9.17, 15) is 34.6 Å². The number of nitriles is 1. The van der Waals surface area contributed by atoms with Gasteiger partial charge >= 0.3 is 0 Å². The van der Waals surface area contributed by atoms with Gasteiger partial charge in [0.05, 0.1) is 6.61 Å². The van der Waals surface area contributed by atoms with Crippen LogP contribution >= 0.6 is 0 Å². The molecule has 1 aromatic carbocycles. The number of allylic oxidation sites excluding steroid dienone is 1. The molecule has 2 amide bonds. The van der Waals surface area contributed by atoms with Gasteiger partial charge in [0.1, 0.15) is 35.8 Å². The lowest BCUT2D eigenvalue weighted by Crippen LogP contribution is -2.50. The topological polar surface area (TPSA) is 134 Å². The van der Waals surface area contributed by atoms with Gasteiger partial charge in [-0.2, -0.15) is 5.26 Å². The van der Waals surface area contributed by atoms with E-state index < -0.39 is 35.9 Å². The highest BCUT2D eigenvalue weighted by atomic mass is 19.1. The van der Waals surface area contributed by atoms with Crippen LogP contribution in [0.2, 0.25) is 0 Å². The molecule has 1 aliphatic heterocycles. The Hall–Kier alpha value is -2.84. The molecule has 1 heterocycles. The van der Waals surface area contributed by atoms with E-state index in [1.54, 1.807) is 6.08 Å². The van der Waals surface area contributed by atoms with Gasteiger partial charge in [-0.1, -0.05) is 19.9 Å². The van der Waals surface area contributed by atoms with E-state index in [2.05, 4.69) is 0 Å². The van der Waals surface area contributed by atoms with E-state index in [4.69, 9.17) is 4.74 Å². The third-order valence-electron chi connectivity index (χ3n) is 5.61. The van der Waals surface area contributed by atoms with Gasteiger partial charge in [-0.3, -0.25) is 9.59 Å². The maximum Gasteiger partial charge on any atom is 0.264 e. The second-order valence-corrected chi connectivity index (χ2v) is 8.89. The average Bonchev–Trinajstić information content (AvgIpc) is 2.83. The fourth-order valence-electron chi connectivity index (χ4n) is 3.67. The largest absolute Gasteiger partial charge is 0.388 e. The van der Waals surface area contributed by atoms with Crippen molar-refractivity contribution in [1.29, 1.82) is 5.26 Å². The van der Waals surface area contributed by atoms with Gasteiger partial charge in [0, 0.05) is 38.3 Å². The van der Waals surface area contributed by atoms with Crippen LogP contribution in [0.25, 0.3) is 0 Å². The molecule has 35 heavy (non-hydrogen) atoms. The Balaban J connectivity index is 2.32. The summed E-state index contributed by atoms with van der Waals surface area (Å²) in [5, 5.41) is 40.5. The zero-order valence-corrected chi connectivity index (χ0v) is 20.1. The van der Waals surface area contributed by atoms with E-state index in [1.807, 2.05) is 19.9 Å². The number of hydrogen-bond acceptors (Lipinski definition) is 7. The van der Waals surface area contributed by atoms with E-state index in [0.717, 1.165) is 12.1 Å². The van der Waals surface area contributed by atoms with Crippen LogP contribution in [0.1, 0.15) is 37.0 Å². The number of amides is 2. The molecule has 0 unspecified atom stereocenters. The summed E-state index contributed by atoms with van der Waals surface area (Å²) in [7, 11) is 0. The number of carbonyl (C=O) groups is 2. The van der Waals surface area contributed by atoms with Crippen LogP contribution in [-0.2, 0) is 9.53 Å². The molecule has 0 aromatic heterocycles. The summed E-state index contributed by atoms with van der Waals surface area (Å²) in [5.74, 6) is -1.53. The minimum Gasteiger partial charge on any atom is -0.388 e. The summed E-state index contributed by atoms with van der Waals surface area (Å²) in [5.41, 5.74) is 0.167. The van der Waals surface area contributed by atoms with E-state index in [1.165, 1.54) is 21.9 Å². The molecule has 0 radical (unpaired) electrons. The SMILES string of the molecule is CC(C)C=C(C#N)C(=O)N1CCCCOC[C@@H](O)[C@H](O)[C@@H](O)CN(C(=O)c2ccc(F)cc2)CC1. The van der Waals surface area contributed by atoms with Crippen LogP contribution in [0.5, 0.6) is 0 Å². The Kier molecular flexibility index (Phi) is 11.3. The van der Waals surface area contributed by atoms with Crippen LogP contribution in [0.3, 0.4) is 0 Å². The minimum atomic E-state index is -1.57. The summed E-state index contributed by atoms with van der Waals surface area (Å²) in [6.07, 6.45) is -1.73. The number of carbonyl (C=O) groups excluding carboxylic acids is 2. The number of halogens is 1. The number of ether oxygens (including phenoxy) is 1. The zero-order valence-electron chi connectivity index (χ0n) is 20.1. The first-order chi connectivity index (χ1) is 16.6. The minimum absolute atomic E-state index is 0.00681. The molecule has 2 rings (SSSR count). The molecule has 9 nitrogen and oxygen atoms in total. The second-order valence-electron chi connectivity index (χ2n) is 8.89. The average molecular weight is 492 g/mol. The van der Waals surface area contributed by atoms with E-state index in [0.29, 0.717) is 19.4 Å². The summed E-state index contributed by atoms with van der Waals surface area (Å²) >= 11 is 0. The molecule has 10 heteroatoms. The molecular weight excluding hydrogens is 457 g/mol. The Morgan fingerprint density at radius 1 is 1.09 bits per heavy atom. The third-order valence-corrected chi connectivity index (χ3v) is 5.61. The molecule has 0 aliphatic carbocycles. The van der Waals surface area contributed by atoms with Crippen molar-refractivity contribution < 1.29 is 34.0 Å². The van der Waals surface area contributed by atoms with Gasteiger partial charge < -0.3 is 29.9 Å². The third kappa shape index (κ3) is 8.71. The summed E-state index contributed by atoms with van der Waals surface area (Å²) < 4.78 is 18.7. The van der Waals surface area contributed by atoms with Gasteiger partial charge in [-0.25, -0.2) is 4.39 Å². The predicted octanol–water partition coefficient (Wildman–Crippen LogP) is 1.10. The molecule has 0 bridgehead atoms. The molecule has 3 N–H and O–H groups in total. The molecule has 1 aromatic rings. The second kappa shape index (κ2) is 13.9. The standard InChI is InChI=1S/C25H34FN3O6/c1-17(2)13-19(14-27)25(34)28-9-3-4-12-35-16-22(31)23(32)21(30)15-29(11-10-28)24(33)18-5-7-20(26)8-6-18/h5-8,13,17,21-23,30-32H,3-4,9-12,15-16H2,1-2H3/t21-,22+,23+/m0/s1. The smallest absolute Gasteiger partial charge is 0.264 e. The van der Waals surface area contributed by atoms with Crippen molar-refractivity contribution in [3.63, 3.8) is 0 Å². The maximum atomic E-state index is 13.3. The van der Waals surface area contributed by atoms with Gasteiger partial charge in [0.25, 0.3) is 11.8 Å². The van der Waals surface area contributed by atoms with Crippen LogP contribution in [0, 0.1) is 23.1 Å². The fourth-order valence-corrected chi connectivity index (χ4v) is 3.67. The van der Waals surface area contributed by atoms with Gasteiger partial charge in [0.2, 0.25) is 0 Å². The summed E-state index contributed by atoms with van der Waals surface area (Å²) in [4.78, 5) is 29.0. The Morgan fingerprint density at radius 2 is 1.74 bits per heavy atom. The van der Waals surface area contributed by atoms with Crippen LogP contribution in [0.15, 0.2) is 35.9 Å². The Morgan fingerprint density at radius 3 is 2.37 bits per heavy atom. The quantitative estimate of drug-likeness (QED) is 0.426. The molecular formula is C25H34FN3O6.